The average molecular weight is 261 g/mol. The standard InChI is InChI=1S/C13H19N5O/c1-3-18-8-10(9(2)16-18)12-15-13(19-17-12)11-6-4-5-7-14-11/h8,11,14H,3-7H2,1-2H3/t11-/m1/s1. The molecule has 0 saturated carbocycles. The lowest BCUT2D eigenvalue weighted by Crippen LogP contribution is -2.26. The summed E-state index contributed by atoms with van der Waals surface area (Å²) in [5.74, 6) is 1.33. The smallest absolute Gasteiger partial charge is 0.244 e. The van der Waals surface area contributed by atoms with Gasteiger partial charge >= 0.3 is 0 Å². The first kappa shape index (κ1) is 12.3. The van der Waals surface area contributed by atoms with Gasteiger partial charge in [0.2, 0.25) is 11.7 Å². The van der Waals surface area contributed by atoms with Crippen LogP contribution in [-0.4, -0.2) is 26.5 Å². The maximum Gasteiger partial charge on any atom is 0.244 e. The number of aryl methyl sites for hydroxylation is 2. The Morgan fingerprint density at radius 2 is 2.37 bits per heavy atom. The van der Waals surface area contributed by atoms with Crippen LogP contribution < -0.4 is 5.32 Å². The maximum atomic E-state index is 5.40. The second kappa shape index (κ2) is 5.13. The highest BCUT2D eigenvalue weighted by Crippen LogP contribution is 2.25. The Morgan fingerprint density at radius 1 is 1.47 bits per heavy atom. The van der Waals surface area contributed by atoms with Crippen LogP contribution in [0.3, 0.4) is 0 Å². The fraction of sp³-hybridized carbons (Fsp3) is 0.615. The van der Waals surface area contributed by atoms with Crippen LogP contribution in [0.25, 0.3) is 11.4 Å². The van der Waals surface area contributed by atoms with Crippen LogP contribution in [0.2, 0.25) is 0 Å². The number of nitrogens with zero attached hydrogens (tertiary/aromatic N) is 4. The van der Waals surface area contributed by atoms with Crippen molar-refractivity contribution in [1.29, 1.82) is 0 Å². The number of piperidine rings is 1. The Hall–Kier alpha value is -1.69. The van der Waals surface area contributed by atoms with E-state index < -0.39 is 0 Å². The molecule has 1 aliphatic rings. The summed E-state index contributed by atoms with van der Waals surface area (Å²) < 4.78 is 7.28. The van der Waals surface area contributed by atoms with E-state index in [2.05, 4.69) is 27.5 Å². The third-order valence-corrected chi connectivity index (χ3v) is 3.56. The van der Waals surface area contributed by atoms with Gasteiger partial charge in [0, 0.05) is 12.7 Å². The summed E-state index contributed by atoms with van der Waals surface area (Å²) in [6.07, 6.45) is 5.47. The molecule has 0 radical (unpaired) electrons. The molecule has 0 bridgehead atoms. The molecule has 3 rings (SSSR count). The Bertz CT molecular complexity index is 553. The lowest BCUT2D eigenvalue weighted by molar-refractivity contribution is 0.297. The third kappa shape index (κ3) is 2.40. The first-order valence-corrected chi connectivity index (χ1v) is 6.89. The molecule has 102 valence electrons. The molecule has 6 heteroatoms. The Morgan fingerprint density at radius 3 is 3.05 bits per heavy atom. The van der Waals surface area contributed by atoms with Gasteiger partial charge in [-0.05, 0) is 33.2 Å². The molecule has 0 spiro atoms. The first-order valence-electron chi connectivity index (χ1n) is 6.89. The zero-order chi connectivity index (χ0) is 13.2. The molecule has 1 aliphatic heterocycles. The molecule has 0 amide bonds. The Balaban J connectivity index is 1.85. The van der Waals surface area contributed by atoms with E-state index in [0.29, 0.717) is 11.7 Å². The monoisotopic (exact) mass is 261 g/mol. The summed E-state index contributed by atoms with van der Waals surface area (Å²) in [6.45, 7) is 5.89. The molecular formula is C13H19N5O. The largest absolute Gasteiger partial charge is 0.337 e. The minimum Gasteiger partial charge on any atom is -0.337 e. The van der Waals surface area contributed by atoms with Crippen LogP contribution in [0.1, 0.15) is 43.8 Å². The molecule has 0 aromatic carbocycles. The quantitative estimate of drug-likeness (QED) is 0.916. The minimum atomic E-state index is 0.205. The van der Waals surface area contributed by atoms with E-state index in [9.17, 15) is 0 Å². The third-order valence-electron chi connectivity index (χ3n) is 3.56. The molecule has 0 unspecified atom stereocenters. The molecule has 1 fully saturated rings. The van der Waals surface area contributed by atoms with Crippen LogP contribution >= 0.6 is 0 Å². The number of rotatable bonds is 3. The predicted octanol–water partition coefficient (Wildman–Crippen LogP) is 2.08. The van der Waals surface area contributed by atoms with Crippen molar-refractivity contribution in [1.82, 2.24) is 25.2 Å². The lowest BCUT2D eigenvalue weighted by Gasteiger charge is -2.19. The summed E-state index contributed by atoms with van der Waals surface area (Å²) in [5.41, 5.74) is 1.89. The van der Waals surface area contributed by atoms with Crippen molar-refractivity contribution in [2.45, 2.75) is 45.7 Å². The van der Waals surface area contributed by atoms with Crippen LogP contribution in [0.5, 0.6) is 0 Å². The fourth-order valence-electron chi connectivity index (χ4n) is 2.45. The molecule has 2 aromatic rings. The van der Waals surface area contributed by atoms with Gasteiger partial charge in [-0.2, -0.15) is 10.1 Å². The number of nitrogens with one attached hydrogen (secondary N) is 1. The molecular weight excluding hydrogens is 242 g/mol. The van der Waals surface area contributed by atoms with Gasteiger partial charge in [0.1, 0.15) is 0 Å². The van der Waals surface area contributed by atoms with Gasteiger partial charge in [-0.3, -0.25) is 4.68 Å². The van der Waals surface area contributed by atoms with Gasteiger partial charge in [-0.25, -0.2) is 0 Å². The SMILES string of the molecule is CCn1cc(-c2noc([C@H]3CCCCN3)n2)c(C)n1. The van der Waals surface area contributed by atoms with Crippen molar-refractivity contribution in [2.24, 2.45) is 0 Å². The average Bonchev–Trinajstić information content (AvgIpc) is 3.06. The van der Waals surface area contributed by atoms with E-state index in [1.165, 1.54) is 12.8 Å². The predicted molar refractivity (Wildman–Crippen MR) is 70.5 cm³/mol. The summed E-state index contributed by atoms with van der Waals surface area (Å²) in [5, 5.41) is 11.9. The fourth-order valence-corrected chi connectivity index (χ4v) is 2.45. The van der Waals surface area contributed by atoms with Crippen LogP contribution in [-0.2, 0) is 6.54 Å². The summed E-state index contributed by atoms with van der Waals surface area (Å²) in [4.78, 5) is 4.52. The molecule has 1 saturated heterocycles. The van der Waals surface area contributed by atoms with E-state index in [-0.39, 0.29) is 6.04 Å². The van der Waals surface area contributed by atoms with E-state index in [1.54, 1.807) is 0 Å². The van der Waals surface area contributed by atoms with Crippen molar-refractivity contribution >= 4 is 0 Å². The first-order chi connectivity index (χ1) is 9.28. The van der Waals surface area contributed by atoms with Crippen LogP contribution in [0.4, 0.5) is 0 Å². The van der Waals surface area contributed by atoms with E-state index >= 15 is 0 Å². The second-order valence-electron chi connectivity index (χ2n) is 4.94. The van der Waals surface area contributed by atoms with Gasteiger partial charge in [-0.15, -0.1) is 0 Å². The van der Waals surface area contributed by atoms with Gasteiger partial charge in [0.25, 0.3) is 0 Å². The van der Waals surface area contributed by atoms with Crippen molar-refractivity contribution < 1.29 is 4.52 Å². The van der Waals surface area contributed by atoms with Gasteiger partial charge in [0.05, 0.1) is 17.3 Å². The summed E-state index contributed by atoms with van der Waals surface area (Å²) in [6, 6.07) is 0.205. The van der Waals surface area contributed by atoms with Crippen LogP contribution in [0.15, 0.2) is 10.7 Å². The Labute approximate surface area is 112 Å². The zero-order valence-corrected chi connectivity index (χ0v) is 11.4. The highest BCUT2D eigenvalue weighted by atomic mass is 16.5. The topological polar surface area (TPSA) is 68.8 Å². The number of aromatic nitrogens is 4. The molecule has 2 aromatic heterocycles. The minimum absolute atomic E-state index is 0.205. The molecule has 6 nitrogen and oxygen atoms in total. The second-order valence-corrected chi connectivity index (χ2v) is 4.94. The molecule has 1 N–H and O–H groups in total. The number of hydrogen-bond donors (Lipinski definition) is 1. The van der Waals surface area contributed by atoms with Crippen molar-refractivity contribution in [3.8, 4) is 11.4 Å². The molecule has 3 heterocycles. The maximum absolute atomic E-state index is 5.40. The summed E-state index contributed by atoms with van der Waals surface area (Å²) >= 11 is 0. The number of hydrogen-bond acceptors (Lipinski definition) is 5. The van der Waals surface area contributed by atoms with E-state index in [4.69, 9.17) is 4.52 Å². The lowest BCUT2D eigenvalue weighted by atomic mass is 10.1. The van der Waals surface area contributed by atoms with Gasteiger partial charge < -0.3 is 9.84 Å². The normalized spacial score (nSPS) is 19.8. The highest BCUT2D eigenvalue weighted by Gasteiger charge is 2.22. The highest BCUT2D eigenvalue weighted by molar-refractivity contribution is 5.56. The van der Waals surface area contributed by atoms with E-state index in [1.807, 2.05) is 17.8 Å². The molecule has 19 heavy (non-hydrogen) atoms. The van der Waals surface area contributed by atoms with Crippen LogP contribution in [0, 0.1) is 6.92 Å². The zero-order valence-electron chi connectivity index (χ0n) is 11.4. The Kier molecular flexibility index (Phi) is 3.33. The van der Waals surface area contributed by atoms with Gasteiger partial charge in [-0.1, -0.05) is 11.6 Å². The summed E-state index contributed by atoms with van der Waals surface area (Å²) in [7, 11) is 0. The van der Waals surface area contributed by atoms with Crippen molar-refractivity contribution in [3.63, 3.8) is 0 Å². The molecule has 0 aliphatic carbocycles. The van der Waals surface area contributed by atoms with Gasteiger partial charge in [0.15, 0.2) is 0 Å². The van der Waals surface area contributed by atoms with Crippen molar-refractivity contribution in [2.75, 3.05) is 6.54 Å². The molecule has 1 atom stereocenters. The van der Waals surface area contributed by atoms with E-state index in [0.717, 1.165) is 30.8 Å². The van der Waals surface area contributed by atoms with Crippen molar-refractivity contribution in [3.05, 3.63) is 17.8 Å².